The highest BCUT2D eigenvalue weighted by atomic mass is 15.8. The molecule has 4 heteroatoms. The maximum Gasteiger partial charge on any atom is 0.247 e. The minimum absolute atomic E-state index is 0. The molecule has 0 aromatic heterocycles. The summed E-state index contributed by atoms with van der Waals surface area (Å²) < 4.78 is 0. The Hall–Kier alpha value is -0.870. The summed E-state index contributed by atoms with van der Waals surface area (Å²) in [6.45, 7) is 3.95. The third-order valence-corrected chi connectivity index (χ3v) is 1.70. The molecular formula is C6H13N4+. The number of quaternary nitrogens is 1. The van der Waals surface area contributed by atoms with Crippen LogP contribution in [0.3, 0.4) is 0 Å². The standard InChI is InChI=1S/C6H13N4/c1-5(2)10(8)6(7)3-4-9-10/h3-5H,7-8H2,1-2H3/q+1. The molecule has 1 atom stereocenters. The molecule has 0 radical (unpaired) electrons. The van der Waals surface area contributed by atoms with E-state index in [4.69, 9.17) is 11.6 Å². The first-order valence-corrected chi connectivity index (χ1v) is 3.26. The van der Waals surface area contributed by atoms with Crippen molar-refractivity contribution in [2.45, 2.75) is 19.9 Å². The van der Waals surface area contributed by atoms with Gasteiger partial charge in [0.05, 0.1) is 6.21 Å². The topological polar surface area (TPSA) is 64.4 Å². The number of hydrogen-bond acceptors (Lipinski definition) is 3. The van der Waals surface area contributed by atoms with Gasteiger partial charge >= 0.3 is 0 Å². The van der Waals surface area contributed by atoms with Crippen LogP contribution in [0, 0.1) is 0 Å². The van der Waals surface area contributed by atoms with Crippen LogP contribution in [0.5, 0.6) is 0 Å². The fraction of sp³-hybridized carbons (Fsp3) is 0.500. The molecule has 1 heterocycles. The van der Waals surface area contributed by atoms with Crippen molar-refractivity contribution in [1.82, 2.24) is 0 Å². The van der Waals surface area contributed by atoms with Crippen molar-refractivity contribution in [3.63, 3.8) is 0 Å². The van der Waals surface area contributed by atoms with Crippen LogP contribution in [-0.4, -0.2) is 17.0 Å². The lowest BCUT2D eigenvalue weighted by Crippen LogP contribution is -2.54. The van der Waals surface area contributed by atoms with E-state index in [1.807, 2.05) is 13.8 Å². The number of nitrogens with two attached hydrogens (primary N) is 2. The summed E-state index contributed by atoms with van der Waals surface area (Å²) in [6, 6.07) is 0.190. The van der Waals surface area contributed by atoms with E-state index in [9.17, 15) is 0 Å². The highest BCUT2D eigenvalue weighted by Gasteiger charge is 2.33. The van der Waals surface area contributed by atoms with Crippen molar-refractivity contribution in [2.24, 2.45) is 16.7 Å². The molecule has 1 aliphatic rings. The quantitative estimate of drug-likeness (QED) is 0.395. The van der Waals surface area contributed by atoms with E-state index < -0.39 is 0 Å². The largest absolute Gasteiger partial charge is 0.351 e. The summed E-state index contributed by atoms with van der Waals surface area (Å²) in [7, 11) is 0. The average molecular weight is 141 g/mol. The Labute approximate surface area is 60.4 Å². The van der Waals surface area contributed by atoms with Gasteiger partial charge in [-0.2, -0.15) is 0 Å². The highest BCUT2D eigenvalue weighted by molar-refractivity contribution is 5.72. The molecule has 0 fully saturated rings. The van der Waals surface area contributed by atoms with Gasteiger partial charge in [-0.3, -0.25) is 0 Å². The molecular weight excluding hydrogens is 128 g/mol. The molecule has 1 aliphatic heterocycles. The van der Waals surface area contributed by atoms with Gasteiger partial charge in [0.1, 0.15) is 6.04 Å². The van der Waals surface area contributed by atoms with Gasteiger partial charge in [0, 0.05) is 6.08 Å². The van der Waals surface area contributed by atoms with E-state index >= 15 is 0 Å². The van der Waals surface area contributed by atoms with Gasteiger partial charge in [0.2, 0.25) is 5.82 Å². The molecule has 1 rings (SSSR count). The number of rotatable bonds is 1. The monoisotopic (exact) mass is 141 g/mol. The first-order valence-electron chi connectivity index (χ1n) is 3.26. The average Bonchev–Trinajstić information content (AvgIpc) is 2.15. The van der Waals surface area contributed by atoms with Crippen LogP contribution in [-0.2, 0) is 0 Å². The maximum absolute atomic E-state index is 5.79. The molecule has 0 bridgehead atoms. The van der Waals surface area contributed by atoms with Crippen molar-refractivity contribution in [3.8, 4) is 0 Å². The molecule has 0 aromatic carbocycles. The molecule has 56 valence electrons. The van der Waals surface area contributed by atoms with Crippen molar-refractivity contribution in [3.05, 3.63) is 11.9 Å². The van der Waals surface area contributed by atoms with Crippen LogP contribution in [0.25, 0.3) is 0 Å². The fourth-order valence-corrected chi connectivity index (χ4v) is 0.838. The lowest BCUT2D eigenvalue weighted by Gasteiger charge is -2.25. The zero-order valence-electron chi connectivity index (χ0n) is 6.28. The molecule has 0 saturated heterocycles. The first-order chi connectivity index (χ1) is 4.57. The highest BCUT2D eigenvalue weighted by Crippen LogP contribution is 2.16. The Morgan fingerprint density at radius 1 is 1.60 bits per heavy atom. The molecule has 4 nitrogen and oxygen atoms in total. The van der Waals surface area contributed by atoms with Crippen LogP contribution in [0.15, 0.2) is 17.0 Å². The molecule has 10 heavy (non-hydrogen) atoms. The summed E-state index contributed by atoms with van der Waals surface area (Å²) >= 11 is 0. The van der Waals surface area contributed by atoms with Gasteiger partial charge in [0.15, 0.2) is 0 Å². The number of allylic oxidation sites excluding steroid dienone is 1. The van der Waals surface area contributed by atoms with Crippen molar-refractivity contribution in [1.29, 1.82) is 0 Å². The van der Waals surface area contributed by atoms with E-state index in [2.05, 4.69) is 5.10 Å². The zero-order valence-corrected chi connectivity index (χ0v) is 6.28. The van der Waals surface area contributed by atoms with Gasteiger partial charge in [-0.25, -0.2) is 0 Å². The van der Waals surface area contributed by atoms with Crippen LogP contribution in [0.4, 0.5) is 0 Å². The Balaban J connectivity index is 2.89. The van der Waals surface area contributed by atoms with E-state index in [1.54, 1.807) is 12.3 Å². The minimum Gasteiger partial charge on any atom is -0.351 e. The van der Waals surface area contributed by atoms with E-state index in [1.165, 1.54) is 0 Å². The summed E-state index contributed by atoms with van der Waals surface area (Å²) in [5.74, 6) is 6.38. The predicted molar refractivity (Wildman–Crippen MR) is 40.3 cm³/mol. The van der Waals surface area contributed by atoms with Crippen molar-refractivity contribution in [2.75, 3.05) is 0 Å². The molecule has 0 spiro atoms. The lowest BCUT2D eigenvalue weighted by molar-refractivity contribution is -0.929. The fourth-order valence-electron chi connectivity index (χ4n) is 0.838. The Kier molecular flexibility index (Phi) is 1.50. The molecule has 0 amide bonds. The Morgan fingerprint density at radius 2 is 2.20 bits per heavy atom. The van der Waals surface area contributed by atoms with Crippen molar-refractivity contribution < 1.29 is 4.70 Å². The van der Waals surface area contributed by atoms with Crippen LogP contribution < -0.4 is 11.6 Å². The molecule has 0 saturated carbocycles. The summed E-state index contributed by atoms with van der Waals surface area (Å²) in [5.41, 5.74) is 5.60. The number of nitrogens with zero attached hydrogens (tertiary/aromatic N) is 2. The molecule has 4 N–H and O–H groups in total. The van der Waals surface area contributed by atoms with Gasteiger partial charge in [-0.15, -0.1) is 5.84 Å². The third-order valence-electron chi connectivity index (χ3n) is 1.70. The smallest absolute Gasteiger partial charge is 0.247 e. The molecule has 0 aliphatic carbocycles. The van der Waals surface area contributed by atoms with Crippen LogP contribution in [0.1, 0.15) is 13.8 Å². The van der Waals surface area contributed by atoms with E-state index in [0.29, 0.717) is 5.82 Å². The Bertz CT molecular complexity index is 194. The predicted octanol–water partition coefficient (Wildman–Crippen LogP) is -0.115. The zero-order chi connectivity index (χ0) is 7.78. The maximum atomic E-state index is 5.79. The van der Waals surface area contributed by atoms with Gasteiger partial charge in [-0.05, 0) is 13.8 Å². The minimum atomic E-state index is 0. The van der Waals surface area contributed by atoms with Crippen LogP contribution in [0.2, 0.25) is 0 Å². The molecule has 0 aromatic rings. The summed E-state index contributed by atoms with van der Waals surface area (Å²) in [5, 5.41) is 4.02. The SMILES string of the molecule is CC(C)[N+]1(N)N=CC=C1N. The number of hydrogen-bond donors (Lipinski definition) is 2. The van der Waals surface area contributed by atoms with Gasteiger partial charge in [-0.1, -0.05) is 9.80 Å². The molecule has 1 unspecified atom stereocenters. The van der Waals surface area contributed by atoms with E-state index in [0.717, 1.165) is 0 Å². The van der Waals surface area contributed by atoms with Crippen molar-refractivity contribution >= 4 is 6.21 Å². The Morgan fingerprint density at radius 3 is 2.40 bits per heavy atom. The van der Waals surface area contributed by atoms with Gasteiger partial charge in [0.25, 0.3) is 0 Å². The van der Waals surface area contributed by atoms with Crippen LogP contribution >= 0.6 is 0 Å². The lowest BCUT2D eigenvalue weighted by atomic mass is 10.3. The second-order valence-electron chi connectivity index (χ2n) is 2.69. The normalized spacial score (nSPS) is 31.4. The first kappa shape index (κ1) is 7.24. The van der Waals surface area contributed by atoms with Gasteiger partial charge < -0.3 is 5.73 Å². The summed E-state index contributed by atoms with van der Waals surface area (Å²) in [4.78, 5) is 0. The summed E-state index contributed by atoms with van der Waals surface area (Å²) in [6.07, 6.45) is 3.36. The third kappa shape index (κ3) is 0.815. The van der Waals surface area contributed by atoms with E-state index in [-0.39, 0.29) is 10.7 Å². The second kappa shape index (κ2) is 2.07. The second-order valence-corrected chi connectivity index (χ2v) is 2.69.